The summed E-state index contributed by atoms with van der Waals surface area (Å²) in [5, 5.41) is 16.4. The second-order valence-electron chi connectivity index (χ2n) is 8.19. The van der Waals surface area contributed by atoms with E-state index in [4.69, 9.17) is 0 Å². The van der Waals surface area contributed by atoms with E-state index in [1.807, 2.05) is 37.4 Å². The van der Waals surface area contributed by atoms with Crippen LogP contribution in [0.5, 0.6) is 0 Å². The zero-order chi connectivity index (χ0) is 25.1. The predicted molar refractivity (Wildman–Crippen MR) is 131 cm³/mol. The number of carbonyl (C=O) groups excluding carboxylic acids is 1. The van der Waals surface area contributed by atoms with Crippen molar-refractivity contribution in [1.29, 1.82) is 0 Å². The fraction of sp³-hybridized carbons (Fsp3) is 0.250. The molecule has 8 nitrogen and oxygen atoms in total. The Morgan fingerprint density at radius 2 is 1.63 bits per heavy atom. The van der Waals surface area contributed by atoms with Crippen LogP contribution in [0.15, 0.2) is 59.8 Å². The van der Waals surface area contributed by atoms with Crippen molar-refractivity contribution in [2.24, 2.45) is 0 Å². The number of aryl methyl sites for hydroxylation is 1. The van der Waals surface area contributed by atoms with Gasteiger partial charge in [0.15, 0.2) is 11.0 Å². The highest BCUT2D eigenvalue weighted by Crippen LogP contribution is 2.27. The summed E-state index contributed by atoms with van der Waals surface area (Å²) in [5.41, 5.74) is 2.03. The van der Waals surface area contributed by atoms with Crippen molar-refractivity contribution in [3.05, 3.63) is 77.8 Å². The molecule has 0 fully saturated rings. The van der Waals surface area contributed by atoms with Gasteiger partial charge in [0.2, 0.25) is 5.91 Å². The monoisotopic (exact) mass is 497 g/mol. The van der Waals surface area contributed by atoms with Gasteiger partial charge < -0.3 is 5.32 Å². The standard InChI is InChI=1S/C24H25F2N7OS/c1-15-13-21(33(30-15)20-11-7-18(26)8-12-20)27-22(34)14-35-24-29-28-23(16(2)31(3)4)32(24)19-9-5-17(25)6-10-19/h5-13,16H,14H2,1-4H3,(H,27,34)/t16-/m1/s1. The molecule has 11 heteroatoms. The summed E-state index contributed by atoms with van der Waals surface area (Å²) in [7, 11) is 3.86. The Kier molecular flexibility index (Phi) is 7.27. The smallest absolute Gasteiger partial charge is 0.236 e. The van der Waals surface area contributed by atoms with E-state index in [9.17, 15) is 13.6 Å². The van der Waals surface area contributed by atoms with Gasteiger partial charge in [-0.05, 0) is 76.5 Å². The zero-order valence-electron chi connectivity index (χ0n) is 19.7. The molecule has 1 atom stereocenters. The molecule has 4 rings (SSSR count). The van der Waals surface area contributed by atoms with Gasteiger partial charge in [-0.15, -0.1) is 10.2 Å². The van der Waals surface area contributed by atoms with Gasteiger partial charge in [0.1, 0.15) is 17.5 Å². The molecule has 1 amide bonds. The highest BCUT2D eigenvalue weighted by molar-refractivity contribution is 7.99. The first kappa shape index (κ1) is 24.6. The first-order valence-corrected chi connectivity index (χ1v) is 11.8. The molecule has 35 heavy (non-hydrogen) atoms. The number of halogens is 2. The van der Waals surface area contributed by atoms with Crippen LogP contribution >= 0.6 is 11.8 Å². The van der Waals surface area contributed by atoms with Crippen molar-refractivity contribution < 1.29 is 13.6 Å². The summed E-state index contributed by atoms with van der Waals surface area (Å²) in [6.45, 7) is 3.80. The molecule has 4 aromatic rings. The highest BCUT2D eigenvalue weighted by atomic mass is 32.2. The number of hydrogen-bond donors (Lipinski definition) is 1. The normalized spacial score (nSPS) is 12.2. The lowest BCUT2D eigenvalue weighted by atomic mass is 10.2. The quantitative estimate of drug-likeness (QED) is 0.364. The molecule has 0 radical (unpaired) electrons. The molecule has 0 aliphatic carbocycles. The van der Waals surface area contributed by atoms with Crippen LogP contribution in [0.3, 0.4) is 0 Å². The van der Waals surface area contributed by atoms with Crippen molar-refractivity contribution in [1.82, 2.24) is 29.4 Å². The summed E-state index contributed by atoms with van der Waals surface area (Å²) in [6, 6.07) is 13.6. The number of anilines is 1. The van der Waals surface area contributed by atoms with Crippen LogP contribution in [0, 0.1) is 18.6 Å². The largest absolute Gasteiger partial charge is 0.310 e. The van der Waals surface area contributed by atoms with Gasteiger partial charge in [0, 0.05) is 11.8 Å². The Morgan fingerprint density at radius 3 is 2.23 bits per heavy atom. The van der Waals surface area contributed by atoms with Crippen LogP contribution in [0.1, 0.15) is 24.5 Å². The average molecular weight is 498 g/mol. The van der Waals surface area contributed by atoms with E-state index in [-0.39, 0.29) is 29.3 Å². The van der Waals surface area contributed by atoms with Gasteiger partial charge in [-0.25, -0.2) is 13.5 Å². The van der Waals surface area contributed by atoms with Gasteiger partial charge in [-0.2, -0.15) is 5.10 Å². The van der Waals surface area contributed by atoms with E-state index in [0.717, 1.165) is 0 Å². The molecule has 0 aliphatic rings. The molecular weight excluding hydrogens is 472 g/mol. The molecule has 0 saturated carbocycles. The van der Waals surface area contributed by atoms with Gasteiger partial charge in [-0.1, -0.05) is 11.8 Å². The summed E-state index contributed by atoms with van der Waals surface area (Å²) in [5.74, 6) is 0.243. The SMILES string of the molecule is Cc1cc(NC(=O)CSc2nnc([C@@H](C)N(C)C)n2-c2ccc(F)cc2)n(-c2ccc(F)cc2)n1. The number of amides is 1. The molecule has 0 bridgehead atoms. The zero-order valence-corrected chi connectivity index (χ0v) is 20.6. The van der Waals surface area contributed by atoms with E-state index in [2.05, 4.69) is 20.6 Å². The van der Waals surface area contributed by atoms with Gasteiger partial charge in [-0.3, -0.25) is 14.3 Å². The number of carbonyl (C=O) groups is 1. The van der Waals surface area contributed by atoms with E-state index in [1.54, 1.807) is 35.0 Å². The van der Waals surface area contributed by atoms with Crippen LogP contribution in [0.4, 0.5) is 14.6 Å². The number of nitrogens with zero attached hydrogens (tertiary/aromatic N) is 6. The molecule has 182 valence electrons. The van der Waals surface area contributed by atoms with Crippen LogP contribution in [-0.2, 0) is 4.79 Å². The Morgan fingerprint density at radius 1 is 1.03 bits per heavy atom. The minimum atomic E-state index is -0.354. The van der Waals surface area contributed by atoms with E-state index < -0.39 is 0 Å². The van der Waals surface area contributed by atoms with Crippen molar-refractivity contribution in [2.75, 3.05) is 25.2 Å². The lowest BCUT2D eigenvalue weighted by Crippen LogP contribution is -2.21. The topological polar surface area (TPSA) is 80.9 Å². The molecule has 0 saturated heterocycles. The lowest BCUT2D eigenvalue weighted by molar-refractivity contribution is -0.113. The summed E-state index contributed by atoms with van der Waals surface area (Å²) in [4.78, 5) is 14.8. The Hall–Kier alpha value is -3.57. The number of rotatable bonds is 8. The Bertz CT molecular complexity index is 1320. The molecular formula is C24H25F2N7OS. The maximum absolute atomic E-state index is 13.5. The second kappa shape index (κ2) is 10.4. The molecule has 0 spiro atoms. The number of hydrogen-bond acceptors (Lipinski definition) is 6. The number of nitrogens with one attached hydrogen (secondary N) is 1. The van der Waals surface area contributed by atoms with Crippen molar-refractivity contribution >= 4 is 23.5 Å². The third-order valence-corrected chi connectivity index (χ3v) is 6.32. The summed E-state index contributed by atoms with van der Waals surface area (Å²) in [6.07, 6.45) is 0. The van der Waals surface area contributed by atoms with Gasteiger partial charge >= 0.3 is 0 Å². The van der Waals surface area contributed by atoms with Crippen molar-refractivity contribution in [2.45, 2.75) is 25.0 Å². The number of benzene rings is 2. The molecule has 0 unspecified atom stereocenters. The van der Waals surface area contributed by atoms with Crippen LogP contribution in [0.25, 0.3) is 11.4 Å². The van der Waals surface area contributed by atoms with Gasteiger partial charge in [0.05, 0.1) is 23.2 Å². The molecule has 2 aromatic heterocycles. The van der Waals surface area contributed by atoms with Crippen LogP contribution in [0.2, 0.25) is 0 Å². The molecule has 2 aromatic carbocycles. The van der Waals surface area contributed by atoms with Crippen LogP contribution < -0.4 is 5.32 Å². The second-order valence-corrected chi connectivity index (χ2v) is 9.13. The molecule has 1 N–H and O–H groups in total. The first-order chi connectivity index (χ1) is 16.7. The molecule has 0 aliphatic heterocycles. The fourth-order valence-corrected chi connectivity index (χ4v) is 4.14. The average Bonchev–Trinajstić information content (AvgIpc) is 3.41. The third kappa shape index (κ3) is 5.57. The maximum atomic E-state index is 13.5. The van der Waals surface area contributed by atoms with Crippen molar-refractivity contribution in [3.63, 3.8) is 0 Å². The molecule has 2 heterocycles. The van der Waals surface area contributed by atoms with Crippen LogP contribution in [-0.4, -0.2) is 55.2 Å². The maximum Gasteiger partial charge on any atom is 0.236 e. The number of aromatic nitrogens is 5. The number of thioether (sulfide) groups is 1. The van der Waals surface area contributed by atoms with Gasteiger partial charge in [0.25, 0.3) is 0 Å². The highest BCUT2D eigenvalue weighted by Gasteiger charge is 2.22. The van der Waals surface area contributed by atoms with E-state index >= 15 is 0 Å². The van der Waals surface area contributed by atoms with Crippen molar-refractivity contribution in [3.8, 4) is 11.4 Å². The van der Waals surface area contributed by atoms with E-state index in [0.29, 0.717) is 33.9 Å². The fourth-order valence-electron chi connectivity index (χ4n) is 3.39. The predicted octanol–water partition coefficient (Wildman–Crippen LogP) is 4.39. The summed E-state index contributed by atoms with van der Waals surface area (Å²) < 4.78 is 30.2. The Labute approximate surface area is 206 Å². The minimum absolute atomic E-state index is 0.0588. The summed E-state index contributed by atoms with van der Waals surface area (Å²) >= 11 is 1.22. The lowest BCUT2D eigenvalue weighted by Gasteiger charge is -2.20. The third-order valence-electron chi connectivity index (χ3n) is 5.39. The first-order valence-electron chi connectivity index (χ1n) is 10.9. The minimum Gasteiger partial charge on any atom is -0.310 e. The van der Waals surface area contributed by atoms with E-state index in [1.165, 1.54) is 36.0 Å². The Balaban J connectivity index is 1.54.